The van der Waals surface area contributed by atoms with Gasteiger partial charge < -0.3 is 10.6 Å². The summed E-state index contributed by atoms with van der Waals surface area (Å²) in [5, 5.41) is 6.09. The Labute approximate surface area is 142 Å². The van der Waals surface area contributed by atoms with Crippen molar-refractivity contribution in [3.8, 4) is 0 Å². The summed E-state index contributed by atoms with van der Waals surface area (Å²) in [5.74, 6) is -1.63. The average molecular weight is 358 g/mol. The van der Waals surface area contributed by atoms with E-state index in [1.54, 1.807) is 30.3 Å². The molecule has 0 fully saturated rings. The van der Waals surface area contributed by atoms with Gasteiger partial charge in [-0.1, -0.05) is 53.0 Å². The molecule has 0 aromatic heterocycles. The highest BCUT2D eigenvalue weighted by molar-refractivity contribution is 6.42. The van der Waals surface area contributed by atoms with Crippen LogP contribution in [0.5, 0.6) is 0 Å². The average Bonchev–Trinajstić information content (AvgIpc) is 2.49. The number of amides is 2. The van der Waals surface area contributed by atoms with Crippen LogP contribution < -0.4 is 10.6 Å². The Morgan fingerprint density at radius 2 is 1.64 bits per heavy atom. The van der Waals surface area contributed by atoms with Gasteiger partial charge in [0.1, 0.15) is 0 Å². The normalized spacial score (nSPS) is 10.1. The van der Waals surface area contributed by atoms with E-state index in [1.807, 2.05) is 0 Å². The first-order valence-electron chi connectivity index (χ1n) is 6.25. The van der Waals surface area contributed by atoms with Gasteiger partial charge in [-0.05, 0) is 29.8 Å². The number of carbonyl (C=O) groups is 2. The number of halogens is 3. The van der Waals surface area contributed by atoms with Gasteiger partial charge in [0, 0.05) is 16.6 Å². The van der Waals surface area contributed by atoms with Gasteiger partial charge in [0.25, 0.3) is 0 Å². The highest BCUT2D eigenvalue weighted by Gasteiger charge is 2.15. The second-order valence-corrected chi connectivity index (χ2v) is 5.60. The molecule has 22 heavy (non-hydrogen) atoms. The molecule has 0 aliphatic carbocycles. The number of hydrogen-bond acceptors (Lipinski definition) is 2. The fraction of sp³-hybridized carbons (Fsp3) is 0.0667. The van der Waals surface area contributed by atoms with Crippen LogP contribution in [0.2, 0.25) is 15.1 Å². The molecule has 0 saturated heterocycles. The van der Waals surface area contributed by atoms with E-state index in [1.165, 1.54) is 12.1 Å². The minimum absolute atomic E-state index is 0.148. The Bertz CT molecular complexity index is 720. The zero-order chi connectivity index (χ0) is 16.1. The van der Waals surface area contributed by atoms with E-state index >= 15 is 0 Å². The van der Waals surface area contributed by atoms with Gasteiger partial charge in [-0.3, -0.25) is 9.59 Å². The lowest BCUT2D eigenvalue weighted by Crippen LogP contribution is -2.35. The molecule has 0 bridgehead atoms. The molecule has 2 aromatic carbocycles. The van der Waals surface area contributed by atoms with E-state index in [0.717, 1.165) is 0 Å². The fourth-order valence-corrected chi connectivity index (χ4v) is 2.21. The summed E-state index contributed by atoms with van der Waals surface area (Å²) in [6.45, 7) is 0.148. The van der Waals surface area contributed by atoms with E-state index < -0.39 is 11.8 Å². The highest BCUT2D eigenvalue weighted by Crippen LogP contribution is 2.25. The van der Waals surface area contributed by atoms with Crippen LogP contribution in [0.3, 0.4) is 0 Å². The van der Waals surface area contributed by atoms with E-state index in [9.17, 15) is 9.59 Å². The van der Waals surface area contributed by atoms with Crippen LogP contribution in [0.15, 0.2) is 42.5 Å². The minimum atomic E-state index is -0.837. The molecule has 0 spiro atoms. The molecule has 0 aliphatic heterocycles. The summed E-state index contributed by atoms with van der Waals surface area (Å²) in [6, 6.07) is 11.6. The van der Waals surface area contributed by atoms with Crippen molar-refractivity contribution >= 4 is 52.3 Å². The van der Waals surface area contributed by atoms with Crippen LogP contribution in [0, 0.1) is 0 Å². The van der Waals surface area contributed by atoms with Crippen LogP contribution in [0.1, 0.15) is 5.56 Å². The Hall–Kier alpha value is -1.75. The third-order valence-electron chi connectivity index (χ3n) is 2.78. The smallest absolute Gasteiger partial charge is 0.313 e. The summed E-state index contributed by atoms with van der Waals surface area (Å²) < 4.78 is 0. The van der Waals surface area contributed by atoms with E-state index in [0.29, 0.717) is 15.6 Å². The summed E-state index contributed by atoms with van der Waals surface area (Å²) in [7, 11) is 0. The first kappa shape index (κ1) is 16.6. The van der Waals surface area contributed by atoms with Gasteiger partial charge in [-0.15, -0.1) is 0 Å². The Morgan fingerprint density at radius 1 is 0.909 bits per heavy atom. The lowest BCUT2D eigenvalue weighted by atomic mass is 10.2. The minimum Gasteiger partial charge on any atom is -0.344 e. The molecule has 114 valence electrons. The third kappa shape index (κ3) is 4.37. The van der Waals surface area contributed by atoms with Crippen LogP contribution in [0.4, 0.5) is 5.69 Å². The zero-order valence-electron chi connectivity index (χ0n) is 11.2. The van der Waals surface area contributed by atoms with E-state index in [4.69, 9.17) is 34.8 Å². The number of rotatable bonds is 3. The van der Waals surface area contributed by atoms with Crippen LogP contribution in [0.25, 0.3) is 0 Å². The van der Waals surface area contributed by atoms with Crippen LogP contribution in [-0.2, 0) is 16.1 Å². The Balaban J connectivity index is 1.97. The first-order chi connectivity index (χ1) is 10.5. The second-order valence-electron chi connectivity index (χ2n) is 4.35. The molecule has 7 heteroatoms. The first-order valence-corrected chi connectivity index (χ1v) is 7.38. The predicted molar refractivity (Wildman–Crippen MR) is 88.4 cm³/mol. The molecule has 0 atom stereocenters. The fourth-order valence-electron chi connectivity index (χ4n) is 1.67. The Morgan fingerprint density at radius 3 is 2.36 bits per heavy atom. The number of hydrogen-bond donors (Lipinski definition) is 2. The maximum atomic E-state index is 11.8. The molecular formula is C15H11Cl3N2O2. The maximum absolute atomic E-state index is 11.8. The van der Waals surface area contributed by atoms with Gasteiger partial charge in [0.2, 0.25) is 0 Å². The molecule has 0 radical (unpaired) electrons. The molecule has 0 saturated carbocycles. The van der Waals surface area contributed by atoms with Crippen molar-refractivity contribution in [2.75, 3.05) is 5.32 Å². The highest BCUT2D eigenvalue weighted by atomic mass is 35.5. The van der Waals surface area contributed by atoms with Gasteiger partial charge >= 0.3 is 11.8 Å². The van der Waals surface area contributed by atoms with E-state index in [2.05, 4.69) is 10.6 Å². The van der Waals surface area contributed by atoms with Crippen molar-refractivity contribution in [2.24, 2.45) is 0 Å². The lowest BCUT2D eigenvalue weighted by Gasteiger charge is -2.09. The van der Waals surface area contributed by atoms with Crippen molar-refractivity contribution in [3.63, 3.8) is 0 Å². The molecule has 2 aromatic rings. The van der Waals surface area contributed by atoms with Crippen LogP contribution >= 0.6 is 34.8 Å². The predicted octanol–water partition coefficient (Wildman–Crippen LogP) is 3.90. The van der Waals surface area contributed by atoms with Crippen molar-refractivity contribution in [2.45, 2.75) is 6.54 Å². The topological polar surface area (TPSA) is 58.2 Å². The van der Waals surface area contributed by atoms with Gasteiger partial charge in [0.05, 0.1) is 10.7 Å². The molecule has 0 heterocycles. The second kappa shape index (κ2) is 7.49. The lowest BCUT2D eigenvalue weighted by molar-refractivity contribution is -0.136. The van der Waals surface area contributed by atoms with Crippen molar-refractivity contribution < 1.29 is 9.59 Å². The number of nitrogens with one attached hydrogen (secondary N) is 2. The molecule has 0 unspecified atom stereocenters. The molecule has 4 nitrogen and oxygen atoms in total. The maximum Gasteiger partial charge on any atom is 0.313 e. The van der Waals surface area contributed by atoms with Gasteiger partial charge in [-0.25, -0.2) is 0 Å². The van der Waals surface area contributed by atoms with Gasteiger partial charge in [0.15, 0.2) is 0 Å². The van der Waals surface area contributed by atoms with Gasteiger partial charge in [-0.2, -0.15) is 0 Å². The largest absolute Gasteiger partial charge is 0.344 e. The standard InChI is InChI=1S/C15H11Cl3N2O2/c16-10-5-6-12(18)13(7-10)20-15(22)14(21)19-8-9-3-1-2-4-11(9)17/h1-7H,8H2,(H,19,21)(H,20,22). The molecule has 0 aliphatic rings. The summed E-state index contributed by atoms with van der Waals surface area (Å²) in [4.78, 5) is 23.6. The number of benzene rings is 2. The molecular weight excluding hydrogens is 347 g/mol. The van der Waals surface area contributed by atoms with Crippen molar-refractivity contribution in [1.29, 1.82) is 0 Å². The number of anilines is 1. The Kier molecular flexibility index (Phi) is 5.66. The quantitative estimate of drug-likeness (QED) is 0.819. The van der Waals surface area contributed by atoms with Crippen molar-refractivity contribution in [1.82, 2.24) is 5.32 Å². The number of carbonyl (C=O) groups excluding carboxylic acids is 2. The summed E-state index contributed by atoms with van der Waals surface area (Å²) in [5.41, 5.74) is 0.984. The SMILES string of the molecule is O=C(NCc1ccccc1Cl)C(=O)Nc1cc(Cl)ccc1Cl. The summed E-state index contributed by atoms with van der Waals surface area (Å²) in [6.07, 6.45) is 0. The molecule has 2 rings (SSSR count). The van der Waals surface area contributed by atoms with Crippen LogP contribution in [-0.4, -0.2) is 11.8 Å². The molecule has 2 N–H and O–H groups in total. The third-order valence-corrected chi connectivity index (χ3v) is 3.71. The zero-order valence-corrected chi connectivity index (χ0v) is 13.5. The monoisotopic (exact) mass is 356 g/mol. The molecule has 2 amide bonds. The summed E-state index contributed by atoms with van der Waals surface area (Å²) >= 11 is 17.7. The van der Waals surface area contributed by atoms with Crippen molar-refractivity contribution in [3.05, 3.63) is 63.1 Å². The van der Waals surface area contributed by atoms with E-state index in [-0.39, 0.29) is 17.3 Å².